The molecule has 4 aliphatic carbocycles. The van der Waals surface area contributed by atoms with Crippen molar-refractivity contribution >= 4 is 23.9 Å². The summed E-state index contributed by atoms with van der Waals surface area (Å²) < 4.78 is 24.0. The first kappa shape index (κ1) is 34.0. The lowest BCUT2D eigenvalue weighted by Crippen LogP contribution is -2.89. The summed E-state index contributed by atoms with van der Waals surface area (Å²) in [5, 5.41) is 49.3. The van der Waals surface area contributed by atoms with Gasteiger partial charge in [0, 0.05) is 50.9 Å². The summed E-state index contributed by atoms with van der Waals surface area (Å²) in [4.78, 5) is 51.8. The maximum absolute atomic E-state index is 14.0. The first-order chi connectivity index (χ1) is 21.4. The summed E-state index contributed by atoms with van der Waals surface area (Å²) in [5.74, 6) is -4.54. The lowest BCUT2D eigenvalue weighted by molar-refractivity contribution is -0.393. The summed E-state index contributed by atoms with van der Waals surface area (Å²) in [6.07, 6.45) is -8.22. The molecule has 0 unspecified atom stereocenters. The van der Waals surface area contributed by atoms with E-state index >= 15 is 0 Å². The molecule has 0 radical (unpaired) electrons. The number of hydrogen-bond donors (Lipinski definition) is 4. The molecule has 0 amide bonds. The number of aliphatic hydroxyl groups excluding tert-OH is 3. The number of hydrogen-bond acceptors (Lipinski definition) is 12. The van der Waals surface area contributed by atoms with Crippen LogP contribution in [0.5, 0.6) is 0 Å². The van der Waals surface area contributed by atoms with Gasteiger partial charge >= 0.3 is 23.9 Å². The van der Waals surface area contributed by atoms with Crippen molar-refractivity contribution in [3.63, 3.8) is 0 Å². The number of benzene rings is 1. The number of carbonyl (C=O) groups is 4. The molecule has 0 spiro atoms. The minimum atomic E-state index is -2.12. The summed E-state index contributed by atoms with van der Waals surface area (Å²) in [7, 11) is 0. The third kappa shape index (κ3) is 4.40. The van der Waals surface area contributed by atoms with Gasteiger partial charge in [0.15, 0.2) is 11.7 Å². The molecule has 0 heterocycles. The Morgan fingerprint density at radius 3 is 2.04 bits per heavy atom. The van der Waals surface area contributed by atoms with E-state index in [2.05, 4.69) is 0 Å². The fourth-order valence-corrected chi connectivity index (χ4v) is 9.65. The van der Waals surface area contributed by atoms with E-state index in [1.165, 1.54) is 26.0 Å². The second-order valence-electron chi connectivity index (χ2n) is 13.9. The fourth-order valence-electron chi connectivity index (χ4n) is 9.65. The molecule has 46 heavy (non-hydrogen) atoms. The van der Waals surface area contributed by atoms with Gasteiger partial charge in [0.25, 0.3) is 0 Å². The Kier molecular flexibility index (Phi) is 8.24. The Balaban J connectivity index is 1.91. The molecule has 5 rings (SSSR count). The lowest BCUT2D eigenvalue weighted by Gasteiger charge is -2.77. The molecular formula is C34H44O12. The average molecular weight is 645 g/mol. The van der Waals surface area contributed by atoms with E-state index in [-0.39, 0.29) is 36.8 Å². The monoisotopic (exact) mass is 644 g/mol. The van der Waals surface area contributed by atoms with Gasteiger partial charge in [-0.15, -0.1) is 0 Å². The second kappa shape index (κ2) is 11.1. The van der Waals surface area contributed by atoms with Crippen LogP contribution in [-0.2, 0) is 33.3 Å². The molecule has 0 saturated heterocycles. The van der Waals surface area contributed by atoms with Crippen LogP contribution in [0.3, 0.4) is 0 Å². The maximum Gasteiger partial charge on any atom is 0.338 e. The summed E-state index contributed by atoms with van der Waals surface area (Å²) in [5.41, 5.74) is -8.43. The average Bonchev–Trinajstić information content (AvgIpc) is 2.97. The van der Waals surface area contributed by atoms with E-state index in [1.807, 2.05) is 0 Å². The zero-order valence-corrected chi connectivity index (χ0v) is 27.2. The van der Waals surface area contributed by atoms with Crippen LogP contribution in [0.2, 0.25) is 0 Å². The molecular weight excluding hydrogens is 600 g/mol. The predicted molar refractivity (Wildman–Crippen MR) is 160 cm³/mol. The molecule has 1 aromatic carbocycles. The SMILES string of the molecule is CC[C@]1(OC(C)=O)[C@H](O)C[C@H](O)[C@]2(C)[C@@H]1[C@]1(OC(=O)c3ccccc3)C[C@@]3(C)C(=C(C)[C@@H](OC(C)=O)C[C@]31O)[C@@H](OC(C)=O)[C@@H]2O. The standard InChI is InChI=1S/C34H44O12/c1-8-32(45-20(5)37)24(39)14-23(38)31(7)27(40)26(44-19(4)36)25-17(2)22(43-18(3)35)15-34(42)30(25,6)16-33(34,29(31)32)46-28(41)21-12-10-9-11-13-21/h9-13,22-24,26-27,29,38-40,42H,8,14-16H2,1-7H3/t22-,23-,24+,26+,27-,29-,30-,31-,32-,33+,34-/m0/s1. The first-order valence-electron chi connectivity index (χ1n) is 15.7. The van der Waals surface area contributed by atoms with Gasteiger partial charge in [-0.1, -0.05) is 39.0 Å². The van der Waals surface area contributed by atoms with Crippen LogP contribution in [0, 0.1) is 16.7 Å². The van der Waals surface area contributed by atoms with Crippen molar-refractivity contribution in [3.8, 4) is 0 Å². The summed E-state index contributed by atoms with van der Waals surface area (Å²) in [6, 6.07) is 8.03. The number of aliphatic hydroxyl groups is 4. The highest BCUT2D eigenvalue weighted by molar-refractivity contribution is 5.90. The van der Waals surface area contributed by atoms with Crippen molar-refractivity contribution in [2.45, 2.75) is 121 Å². The molecule has 4 N–H and O–H groups in total. The Morgan fingerprint density at radius 1 is 0.891 bits per heavy atom. The molecule has 12 heteroatoms. The van der Waals surface area contributed by atoms with E-state index in [4.69, 9.17) is 18.9 Å². The van der Waals surface area contributed by atoms with Crippen molar-refractivity contribution < 1.29 is 58.6 Å². The van der Waals surface area contributed by atoms with E-state index in [1.54, 1.807) is 39.0 Å². The van der Waals surface area contributed by atoms with Gasteiger partial charge in [0.1, 0.15) is 23.4 Å². The van der Waals surface area contributed by atoms with E-state index in [0.29, 0.717) is 5.57 Å². The molecule has 252 valence electrons. The number of carbonyl (C=O) groups excluding carboxylic acids is 4. The van der Waals surface area contributed by atoms with Crippen molar-refractivity contribution in [3.05, 3.63) is 47.0 Å². The van der Waals surface area contributed by atoms with Crippen LogP contribution in [0.1, 0.15) is 84.5 Å². The van der Waals surface area contributed by atoms with Crippen molar-refractivity contribution in [1.29, 1.82) is 0 Å². The molecule has 3 saturated carbocycles. The minimum Gasteiger partial charge on any atom is -0.458 e. The number of ether oxygens (including phenoxy) is 4. The number of esters is 4. The van der Waals surface area contributed by atoms with E-state index < -0.39 is 87.9 Å². The van der Waals surface area contributed by atoms with Gasteiger partial charge in [0.2, 0.25) is 0 Å². The Hall–Kier alpha value is -3.32. The fraction of sp³-hybridized carbons (Fsp3) is 0.647. The Bertz CT molecular complexity index is 1470. The molecule has 1 aromatic rings. The van der Waals surface area contributed by atoms with Crippen molar-refractivity contribution in [2.75, 3.05) is 0 Å². The number of rotatable bonds is 6. The van der Waals surface area contributed by atoms with Gasteiger partial charge in [-0.25, -0.2) is 4.79 Å². The maximum atomic E-state index is 14.0. The highest BCUT2D eigenvalue weighted by Crippen LogP contribution is 2.76. The van der Waals surface area contributed by atoms with E-state index in [0.717, 1.165) is 13.8 Å². The topological polar surface area (TPSA) is 186 Å². The molecule has 0 aromatic heterocycles. The van der Waals surface area contributed by atoms with Gasteiger partial charge in [-0.2, -0.15) is 0 Å². The van der Waals surface area contributed by atoms with Crippen LogP contribution in [-0.4, -0.2) is 91.6 Å². The molecule has 3 fully saturated rings. The normalized spacial score (nSPS) is 42.8. The van der Waals surface area contributed by atoms with Gasteiger partial charge in [-0.3, -0.25) is 14.4 Å². The van der Waals surface area contributed by atoms with Gasteiger partial charge in [-0.05, 0) is 36.6 Å². The second-order valence-corrected chi connectivity index (χ2v) is 13.9. The van der Waals surface area contributed by atoms with Crippen LogP contribution in [0.4, 0.5) is 0 Å². The van der Waals surface area contributed by atoms with Crippen LogP contribution >= 0.6 is 0 Å². The summed E-state index contributed by atoms with van der Waals surface area (Å²) in [6.45, 7) is 10.00. The van der Waals surface area contributed by atoms with Crippen LogP contribution < -0.4 is 0 Å². The molecule has 4 aliphatic rings. The largest absolute Gasteiger partial charge is 0.458 e. The smallest absolute Gasteiger partial charge is 0.338 e. The van der Waals surface area contributed by atoms with Crippen LogP contribution in [0.25, 0.3) is 0 Å². The highest BCUT2D eigenvalue weighted by atomic mass is 16.6. The third-order valence-corrected chi connectivity index (χ3v) is 11.5. The third-order valence-electron chi connectivity index (χ3n) is 11.5. The lowest BCUT2D eigenvalue weighted by atomic mass is 9.31. The van der Waals surface area contributed by atoms with Crippen LogP contribution in [0.15, 0.2) is 41.5 Å². The zero-order valence-electron chi connectivity index (χ0n) is 27.2. The molecule has 12 nitrogen and oxygen atoms in total. The van der Waals surface area contributed by atoms with Gasteiger partial charge in [0.05, 0.1) is 23.7 Å². The zero-order chi connectivity index (χ0) is 34.2. The number of fused-ring (bicyclic) bond motifs is 4. The Morgan fingerprint density at radius 2 is 1.50 bits per heavy atom. The molecule has 0 aliphatic heterocycles. The summed E-state index contributed by atoms with van der Waals surface area (Å²) >= 11 is 0. The molecule has 11 atom stereocenters. The quantitative estimate of drug-likeness (QED) is 0.201. The minimum absolute atomic E-state index is 0.0712. The predicted octanol–water partition coefficient (Wildman–Crippen LogP) is 2.14. The first-order valence-corrected chi connectivity index (χ1v) is 15.7. The highest BCUT2D eigenvalue weighted by Gasteiger charge is 2.87. The van der Waals surface area contributed by atoms with Crippen molar-refractivity contribution in [1.82, 2.24) is 0 Å². The molecule has 2 bridgehead atoms. The van der Waals surface area contributed by atoms with Crippen molar-refractivity contribution in [2.24, 2.45) is 16.7 Å². The van der Waals surface area contributed by atoms with Gasteiger partial charge < -0.3 is 39.4 Å². The van der Waals surface area contributed by atoms with E-state index in [9.17, 15) is 39.6 Å². The Labute approximate surface area is 267 Å².